The fourth-order valence-corrected chi connectivity index (χ4v) is 3.65. The second-order valence-corrected chi connectivity index (χ2v) is 7.38. The highest BCUT2D eigenvalue weighted by Gasteiger charge is 2.17. The average Bonchev–Trinajstić information content (AvgIpc) is 3.08. The van der Waals surface area contributed by atoms with Gasteiger partial charge in [0.25, 0.3) is 0 Å². The fourth-order valence-electron chi connectivity index (χ4n) is 3.65. The van der Waals surface area contributed by atoms with Crippen LogP contribution in [0, 0.1) is 25.5 Å². The van der Waals surface area contributed by atoms with Gasteiger partial charge in [-0.15, -0.1) is 0 Å². The smallest absolute Gasteiger partial charge is 0.175 e. The van der Waals surface area contributed by atoms with Crippen LogP contribution in [0.4, 0.5) is 14.5 Å². The maximum Gasteiger partial charge on any atom is 0.175 e. The predicted molar refractivity (Wildman–Crippen MR) is 113 cm³/mol. The van der Waals surface area contributed by atoms with Gasteiger partial charge < -0.3 is 4.90 Å². The van der Waals surface area contributed by atoms with Crippen LogP contribution in [0.2, 0.25) is 0 Å². The lowest BCUT2D eigenvalue weighted by molar-refractivity contribution is 0.284. The maximum atomic E-state index is 13.5. The van der Waals surface area contributed by atoms with Crippen LogP contribution in [-0.2, 0) is 0 Å². The predicted octanol–water partition coefficient (Wildman–Crippen LogP) is 3.39. The molecule has 0 radical (unpaired) electrons. The molecule has 3 heterocycles. The van der Waals surface area contributed by atoms with Crippen molar-refractivity contribution in [1.29, 1.82) is 0 Å². The van der Waals surface area contributed by atoms with Crippen molar-refractivity contribution in [2.45, 2.75) is 13.8 Å². The molecule has 0 saturated carbocycles. The summed E-state index contributed by atoms with van der Waals surface area (Å²) in [6.07, 6.45) is 9.35. The van der Waals surface area contributed by atoms with Crippen LogP contribution in [0.15, 0.2) is 42.9 Å². The Kier molecular flexibility index (Phi) is 5.85. The van der Waals surface area contributed by atoms with Gasteiger partial charge in [-0.25, -0.2) is 18.4 Å². The lowest BCUT2D eigenvalue weighted by Gasteiger charge is -2.35. The molecular weight excluding hydrogens is 386 g/mol. The Morgan fingerprint density at radius 1 is 0.967 bits per heavy atom. The highest BCUT2D eigenvalue weighted by Crippen LogP contribution is 2.20. The molecule has 1 saturated heterocycles. The van der Waals surface area contributed by atoms with Gasteiger partial charge in [0.15, 0.2) is 5.82 Å². The molecule has 1 aliphatic heterocycles. The second-order valence-electron chi connectivity index (χ2n) is 7.38. The van der Waals surface area contributed by atoms with Crippen molar-refractivity contribution in [1.82, 2.24) is 24.6 Å². The van der Waals surface area contributed by atoms with Crippen molar-refractivity contribution in [3.63, 3.8) is 0 Å². The lowest BCUT2D eigenvalue weighted by Crippen LogP contribution is -2.46. The highest BCUT2D eigenvalue weighted by atomic mass is 19.1. The van der Waals surface area contributed by atoms with Crippen molar-refractivity contribution < 1.29 is 8.78 Å². The normalized spacial score (nSPS) is 15.3. The average molecular weight is 410 g/mol. The van der Waals surface area contributed by atoms with E-state index in [4.69, 9.17) is 0 Å². The van der Waals surface area contributed by atoms with Crippen LogP contribution in [0.1, 0.15) is 17.0 Å². The third kappa shape index (κ3) is 4.38. The standard InChI is InChI=1S/C22H24F2N6/c1-16-22(26-6-5-25-16)30-17(2)18(15-27-30)4-3-7-28-8-10-29(11-9-28)21-13-19(23)12-20(24)14-21/h3-6,12-15H,7-11H2,1-2H3/b4-3+. The summed E-state index contributed by atoms with van der Waals surface area (Å²) in [5.74, 6) is -0.342. The van der Waals surface area contributed by atoms with E-state index in [0.717, 1.165) is 61.6 Å². The summed E-state index contributed by atoms with van der Waals surface area (Å²) in [6, 6.07) is 3.68. The molecule has 30 heavy (non-hydrogen) atoms. The molecule has 1 aromatic carbocycles. The molecule has 2 aromatic heterocycles. The van der Waals surface area contributed by atoms with Gasteiger partial charge in [-0.1, -0.05) is 12.2 Å². The van der Waals surface area contributed by atoms with E-state index in [-0.39, 0.29) is 0 Å². The molecule has 0 bridgehead atoms. The minimum absolute atomic E-state index is 0.539. The molecule has 0 spiro atoms. The number of nitrogens with zero attached hydrogens (tertiary/aromatic N) is 6. The van der Waals surface area contributed by atoms with E-state index in [9.17, 15) is 8.78 Å². The molecule has 8 heteroatoms. The molecule has 0 unspecified atom stereocenters. The summed E-state index contributed by atoms with van der Waals surface area (Å²) in [5, 5.41) is 4.45. The quantitative estimate of drug-likeness (QED) is 0.645. The Morgan fingerprint density at radius 3 is 2.37 bits per heavy atom. The SMILES string of the molecule is Cc1nccnc1-n1ncc(/C=C/CN2CCN(c3cc(F)cc(F)c3)CC2)c1C. The molecule has 156 valence electrons. The zero-order chi connectivity index (χ0) is 21.1. The Balaban J connectivity index is 1.34. The lowest BCUT2D eigenvalue weighted by atomic mass is 10.2. The number of rotatable bonds is 5. The summed E-state index contributed by atoms with van der Waals surface area (Å²) in [6.45, 7) is 7.87. The van der Waals surface area contributed by atoms with Crippen molar-refractivity contribution in [3.8, 4) is 5.82 Å². The van der Waals surface area contributed by atoms with Crippen LogP contribution in [0.25, 0.3) is 11.9 Å². The Hall–Kier alpha value is -3.13. The van der Waals surface area contributed by atoms with Crippen molar-refractivity contribution in [2.24, 2.45) is 0 Å². The van der Waals surface area contributed by atoms with Crippen LogP contribution >= 0.6 is 0 Å². The molecule has 4 rings (SSSR count). The fraction of sp³-hybridized carbons (Fsp3) is 0.318. The Bertz CT molecular complexity index is 1030. The molecule has 0 aliphatic carbocycles. The molecule has 1 fully saturated rings. The van der Waals surface area contributed by atoms with Gasteiger partial charge in [0.1, 0.15) is 11.6 Å². The molecule has 0 N–H and O–H groups in total. The van der Waals surface area contributed by atoms with Crippen LogP contribution < -0.4 is 4.90 Å². The van der Waals surface area contributed by atoms with Crippen molar-refractivity contribution in [3.05, 3.63) is 71.5 Å². The summed E-state index contributed by atoms with van der Waals surface area (Å²) in [4.78, 5) is 13.0. The number of hydrogen-bond donors (Lipinski definition) is 0. The minimum Gasteiger partial charge on any atom is -0.369 e. The number of aryl methyl sites for hydroxylation is 1. The van der Waals surface area contributed by atoms with E-state index in [0.29, 0.717) is 5.69 Å². The van der Waals surface area contributed by atoms with E-state index in [2.05, 4.69) is 32.1 Å². The van der Waals surface area contributed by atoms with Gasteiger partial charge in [0.2, 0.25) is 0 Å². The van der Waals surface area contributed by atoms with Crippen LogP contribution in [-0.4, -0.2) is 57.4 Å². The third-order valence-corrected chi connectivity index (χ3v) is 5.35. The molecule has 0 atom stereocenters. The third-order valence-electron chi connectivity index (χ3n) is 5.35. The number of piperazine rings is 1. The van der Waals surface area contributed by atoms with Crippen molar-refractivity contribution in [2.75, 3.05) is 37.6 Å². The summed E-state index contributed by atoms with van der Waals surface area (Å²) in [5.41, 5.74) is 3.47. The van der Waals surface area contributed by atoms with E-state index >= 15 is 0 Å². The summed E-state index contributed by atoms with van der Waals surface area (Å²) in [7, 11) is 0. The van der Waals surface area contributed by atoms with Gasteiger partial charge in [-0.3, -0.25) is 9.88 Å². The van der Waals surface area contributed by atoms with E-state index in [1.54, 1.807) is 17.1 Å². The zero-order valence-corrected chi connectivity index (χ0v) is 17.1. The molecular formula is C22H24F2N6. The van der Waals surface area contributed by atoms with Crippen LogP contribution in [0.3, 0.4) is 0 Å². The molecule has 6 nitrogen and oxygen atoms in total. The summed E-state index contributed by atoms with van der Waals surface area (Å²) >= 11 is 0. The Morgan fingerprint density at radius 2 is 1.67 bits per heavy atom. The first-order valence-corrected chi connectivity index (χ1v) is 9.94. The molecule has 0 amide bonds. The van der Waals surface area contributed by atoms with Gasteiger partial charge >= 0.3 is 0 Å². The number of anilines is 1. The highest BCUT2D eigenvalue weighted by molar-refractivity contribution is 5.52. The Labute approximate surface area is 174 Å². The van der Waals surface area contributed by atoms with Gasteiger partial charge in [0.05, 0.1) is 17.6 Å². The number of halogens is 2. The maximum absolute atomic E-state index is 13.5. The number of aromatic nitrogens is 4. The molecule has 3 aromatic rings. The van der Waals surface area contributed by atoms with E-state index < -0.39 is 11.6 Å². The number of benzene rings is 1. The van der Waals surface area contributed by atoms with Crippen molar-refractivity contribution >= 4 is 11.8 Å². The monoisotopic (exact) mass is 410 g/mol. The second kappa shape index (κ2) is 8.71. The van der Waals surface area contributed by atoms with Crippen LogP contribution in [0.5, 0.6) is 0 Å². The largest absolute Gasteiger partial charge is 0.369 e. The zero-order valence-electron chi connectivity index (χ0n) is 17.1. The van der Waals surface area contributed by atoms with E-state index in [1.165, 1.54) is 12.1 Å². The summed E-state index contributed by atoms with van der Waals surface area (Å²) < 4.78 is 28.7. The first-order valence-electron chi connectivity index (χ1n) is 9.94. The molecule has 1 aliphatic rings. The first-order chi connectivity index (χ1) is 14.5. The van der Waals surface area contributed by atoms with E-state index in [1.807, 2.05) is 24.9 Å². The number of hydrogen-bond acceptors (Lipinski definition) is 5. The van der Waals surface area contributed by atoms with Gasteiger partial charge in [0, 0.05) is 62.4 Å². The van der Waals surface area contributed by atoms with Gasteiger partial charge in [-0.05, 0) is 26.0 Å². The van der Waals surface area contributed by atoms with Gasteiger partial charge in [-0.2, -0.15) is 5.10 Å². The topological polar surface area (TPSA) is 50.1 Å². The first kappa shape index (κ1) is 20.2. The minimum atomic E-state index is -0.539.